The summed E-state index contributed by atoms with van der Waals surface area (Å²) in [6, 6.07) is 16.7. The van der Waals surface area contributed by atoms with Crippen LogP contribution >= 0.6 is 0 Å². The highest BCUT2D eigenvalue weighted by Gasteiger charge is 2.31. The summed E-state index contributed by atoms with van der Waals surface area (Å²) in [6.45, 7) is 1.45. The van der Waals surface area contributed by atoms with Crippen molar-refractivity contribution in [1.82, 2.24) is 9.88 Å². The highest BCUT2D eigenvalue weighted by molar-refractivity contribution is 7.90. The van der Waals surface area contributed by atoms with Crippen LogP contribution in [-0.2, 0) is 26.2 Å². The van der Waals surface area contributed by atoms with Gasteiger partial charge in [-0.1, -0.05) is 47.6 Å². The van der Waals surface area contributed by atoms with Crippen molar-refractivity contribution < 1.29 is 22.5 Å². The summed E-state index contributed by atoms with van der Waals surface area (Å²) in [4.78, 5) is 16.6. The fourth-order valence-electron chi connectivity index (χ4n) is 2.86. The summed E-state index contributed by atoms with van der Waals surface area (Å²) in [7, 11) is -3.66. The highest BCUT2D eigenvalue weighted by Crippen LogP contribution is 2.23. The van der Waals surface area contributed by atoms with Crippen LogP contribution < -0.4 is 4.72 Å². The van der Waals surface area contributed by atoms with Crippen LogP contribution in [-0.4, -0.2) is 31.4 Å². The van der Waals surface area contributed by atoms with Crippen LogP contribution in [0.15, 0.2) is 75.1 Å². The number of carbonyl (C=O) groups is 1. The smallest absolute Gasteiger partial charge is 0.331 e. The number of hydrogen-bond donors (Lipinski definition) is 1. The van der Waals surface area contributed by atoms with Crippen molar-refractivity contribution >= 4 is 21.8 Å². The monoisotopic (exact) mass is 411 g/mol. The zero-order valence-electron chi connectivity index (χ0n) is 15.4. The maximum absolute atomic E-state index is 12.3. The topological polar surface area (TPSA) is 111 Å². The molecular formula is C20H17N3O5S. The molecule has 0 amide bonds. The molecule has 0 fully saturated rings. The van der Waals surface area contributed by atoms with Gasteiger partial charge >= 0.3 is 5.97 Å². The van der Waals surface area contributed by atoms with Gasteiger partial charge in [-0.25, -0.2) is 13.2 Å². The molecule has 0 spiro atoms. The number of rotatable bonds is 5. The summed E-state index contributed by atoms with van der Waals surface area (Å²) in [5.41, 5.74) is 1.75. The molecule has 0 radical (unpaired) electrons. The highest BCUT2D eigenvalue weighted by atomic mass is 32.2. The van der Waals surface area contributed by atoms with E-state index in [-0.39, 0.29) is 17.3 Å². The number of ether oxygens (including phenoxy) is 1. The number of benzene rings is 2. The van der Waals surface area contributed by atoms with Crippen LogP contribution in [0.5, 0.6) is 0 Å². The Balaban J connectivity index is 1.42. The summed E-state index contributed by atoms with van der Waals surface area (Å²) in [5, 5.41) is 3.90. The first kappa shape index (κ1) is 18.9. The molecule has 29 heavy (non-hydrogen) atoms. The largest absolute Gasteiger partial charge is 0.457 e. The van der Waals surface area contributed by atoms with E-state index in [0.717, 1.165) is 5.56 Å². The van der Waals surface area contributed by atoms with Gasteiger partial charge in [0.2, 0.25) is 0 Å². The van der Waals surface area contributed by atoms with Gasteiger partial charge in [-0.15, -0.1) is 0 Å². The molecule has 0 saturated heterocycles. The van der Waals surface area contributed by atoms with Crippen molar-refractivity contribution in [2.24, 2.45) is 4.99 Å². The zero-order valence-corrected chi connectivity index (χ0v) is 16.2. The first-order valence-electron chi connectivity index (χ1n) is 8.82. The van der Waals surface area contributed by atoms with Gasteiger partial charge < -0.3 is 9.26 Å². The van der Waals surface area contributed by atoms with E-state index in [2.05, 4.69) is 14.9 Å². The van der Waals surface area contributed by atoms with Crippen LogP contribution in [0.2, 0.25) is 0 Å². The number of nitrogens with zero attached hydrogens (tertiary/aromatic N) is 2. The number of aromatic nitrogens is 1. The van der Waals surface area contributed by atoms with Crippen molar-refractivity contribution in [3.8, 4) is 11.3 Å². The van der Waals surface area contributed by atoms with Crippen molar-refractivity contribution in [3.63, 3.8) is 0 Å². The second kappa shape index (κ2) is 7.51. The number of esters is 1. The molecule has 9 heteroatoms. The second-order valence-corrected chi connectivity index (χ2v) is 8.06. The normalized spacial score (nSPS) is 16.8. The number of fused-ring (bicyclic) bond motifs is 1. The lowest BCUT2D eigenvalue weighted by Crippen LogP contribution is -2.26. The molecule has 4 rings (SSSR count). The third-order valence-electron chi connectivity index (χ3n) is 4.31. The molecule has 1 N–H and O–H groups in total. The molecule has 1 aliphatic rings. The molecule has 3 aromatic rings. The van der Waals surface area contributed by atoms with Crippen molar-refractivity contribution in [2.45, 2.75) is 24.5 Å². The Hall–Kier alpha value is -3.46. The van der Waals surface area contributed by atoms with Gasteiger partial charge in [0, 0.05) is 17.2 Å². The number of carbonyl (C=O) groups excluding carboxylic acids is 1. The molecular weight excluding hydrogens is 394 g/mol. The summed E-state index contributed by atoms with van der Waals surface area (Å²) >= 11 is 0. The fourth-order valence-corrected chi connectivity index (χ4v) is 4.10. The standard InChI is InChI=1S/C20H17N3O5S/c1-13(21-19-16-9-5-6-10-18(16)29(25,26)23-19)20(24)27-12-15-11-17(28-22-15)14-7-3-2-4-8-14/h2-11,13H,12H2,1H3,(H,21,23)/t13-/m0/s1. The van der Waals surface area contributed by atoms with Crippen LogP contribution in [0, 0.1) is 0 Å². The lowest BCUT2D eigenvalue weighted by Gasteiger charge is -2.08. The summed E-state index contributed by atoms with van der Waals surface area (Å²) < 4.78 is 37.1. The van der Waals surface area contributed by atoms with Gasteiger partial charge in [0.1, 0.15) is 24.2 Å². The fraction of sp³-hybridized carbons (Fsp3) is 0.150. The lowest BCUT2D eigenvalue weighted by molar-refractivity contribution is -0.146. The molecule has 0 bridgehead atoms. The van der Waals surface area contributed by atoms with Gasteiger partial charge in [0.25, 0.3) is 10.0 Å². The van der Waals surface area contributed by atoms with Gasteiger partial charge in [-0.05, 0) is 19.1 Å². The molecule has 0 saturated carbocycles. The Labute approximate surface area is 167 Å². The predicted octanol–water partition coefficient (Wildman–Crippen LogP) is 2.51. The van der Waals surface area contributed by atoms with Gasteiger partial charge in [-0.2, -0.15) is 0 Å². The Bertz CT molecular complexity index is 1190. The Morgan fingerprint density at radius 1 is 1.17 bits per heavy atom. The van der Waals surface area contributed by atoms with Crippen LogP contribution in [0.3, 0.4) is 0 Å². The molecule has 148 valence electrons. The molecule has 8 nitrogen and oxygen atoms in total. The predicted molar refractivity (Wildman–Crippen MR) is 104 cm³/mol. The van der Waals surface area contributed by atoms with Gasteiger partial charge in [0.05, 0.1) is 4.90 Å². The molecule has 1 atom stereocenters. The Kier molecular flexibility index (Phi) is 4.89. The minimum atomic E-state index is -3.66. The van der Waals surface area contributed by atoms with E-state index in [1.54, 1.807) is 24.3 Å². The molecule has 2 heterocycles. The van der Waals surface area contributed by atoms with E-state index in [4.69, 9.17) is 9.26 Å². The molecule has 1 aliphatic heterocycles. The first-order chi connectivity index (χ1) is 13.9. The average molecular weight is 411 g/mol. The van der Waals surface area contributed by atoms with E-state index in [0.29, 0.717) is 17.0 Å². The Morgan fingerprint density at radius 2 is 1.90 bits per heavy atom. The van der Waals surface area contributed by atoms with Crippen molar-refractivity contribution in [1.29, 1.82) is 0 Å². The van der Waals surface area contributed by atoms with E-state index >= 15 is 0 Å². The third-order valence-corrected chi connectivity index (χ3v) is 5.70. The number of sulfonamides is 1. The quantitative estimate of drug-likeness (QED) is 0.646. The number of hydrogen-bond acceptors (Lipinski definition) is 7. The van der Waals surface area contributed by atoms with Crippen molar-refractivity contribution in [2.75, 3.05) is 0 Å². The van der Waals surface area contributed by atoms with Crippen LogP contribution in [0.4, 0.5) is 0 Å². The molecule has 2 aromatic carbocycles. The Morgan fingerprint density at radius 3 is 2.69 bits per heavy atom. The maximum atomic E-state index is 12.3. The number of amidine groups is 1. The van der Waals surface area contributed by atoms with Gasteiger partial charge in [0.15, 0.2) is 5.76 Å². The molecule has 1 aromatic heterocycles. The van der Waals surface area contributed by atoms with Crippen molar-refractivity contribution in [3.05, 3.63) is 71.9 Å². The number of nitrogens with one attached hydrogen (secondary N) is 1. The molecule has 0 aliphatic carbocycles. The summed E-state index contributed by atoms with van der Waals surface area (Å²) in [5.74, 6) is 0.0881. The third kappa shape index (κ3) is 3.90. The minimum absolute atomic E-state index is 0.0767. The first-order valence-corrected chi connectivity index (χ1v) is 10.3. The van der Waals surface area contributed by atoms with E-state index in [9.17, 15) is 13.2 Å². The van der Waals surface area contributed by atoms with E-state index in [1.165, 1.54) is 13.0 Å². The second-order valence-electron chi connectivity index (χ2n) is 6.41. The lowest BCUT2D eigenvalue weighted by atomic mass is 10.2. The maximum Gasteiger partial charge on any atom is 0.331 e. The SMILES string of the molecule is C[C@H](N=C1NS(=O)(=O)c2ccccc21)C(=O)OCc1cc(-c2ccccc2)on1. The molecule has 0 unspecified atom stereocenters. The van der Waals surface area contributed by atoms with Crippen LogP contribution in [0.25, 0.3) is 11.3 Å². The summed E-state index contributed by atoms with van der Waals surface area (Å²) in [6.07, 6.45) is 0. The van der Waals surface area contributed by atoms with E-state index < -0.39 is 22.0 Å². The minimum Gasteiger partial charge on any atom is -0.457 e. The van der Waals surface area contributed by atoms with Crippen LogP contribution in [0.1, 0.15) is 18.2 Å². The van der Waals surface area contributed by atoms with E-state index in [1.807, 2.05) is 30.3 Å². The van der Waals surface area contributed by atoms with Gasteiger partial charge in [-0.3, -0.25) is 9.71 Å². The average Bonchev–Trinajstić information content (AvgIpc) is 3.30. The number of aliphatic imine (C=N–C) groups is 1. The zero-order chi connectivity index (χ0) is 20.4.